The molecule has 0 aliphatic carbocycles. The van der Waals surface area contributed by atoms with Crippen molar-refractivity contribution in [3.05, 3.63) is 59.7 Å². The fourth-order valence-electron chi connectivity index (χ4n) is 2.05. The molecule has 0 spiro atoms. The third-order valence-corrected chi connectivity index (χ3v) is 3.84. The first kappa shape index (κ1) is 16.6. The van der Waals surface area contributed by atoms with Gasteiger partial charge in [-0.15, -0.1) is 11.3 Å². The van der Waals surface area contributed by atoms with E-state index in [1.54, 1.807) is 35.8 Å². The summed E-state index contributed by atoms with van der Waals surface area (Å²) >= 11 is 1.31. The van der Waals surface area contributed by atoms with Crippen molar-refractivity contribution >= 4 is 45.5 Å². The van der Waals surface area contributed by atoms with Crippen LogP contribution in [0.3, 0.4) is 0 Å². The van der Waals surface area contributed by atoms with Gasteiger partial charge in [-0.25, -0.2) is 9.97 Å². The fourth-order valence-corrected chi connectivity index (χ4v) is 2.75. The molecule has 3 rings (SSSR count). The minimum Gasteiger partial charge on any atom is -0.326 e. The minimum absolute atomic E-state index is 0.173. The zero-order chi connectivity index (χ0) is 17.6. The lowest BCUT2D eigenvalue weighted by Crippen LogP contribution is -2.13. The highest BCUT2D eigenvalue weighted by molar-refractivity contribution is 7.14. The summed E-state index contributed by atoms with van der Waals surface area (Å²) < 4.78 is 0. The number of nitrogens with one attached hydrogen (secondary N) is 3. The summed E-state index contributed by atoms with van der Waals surface area (Å²) in [7, 11) is 0. The molecule has 0 radical (unpaired) electrons. The van der Waals surface area contributed by atoms with Crippen molar-refractivity contribution in [1.29, 1.82) is 0 Å². The van der Waals surface area contributed by atoms with Gasteiger partial charge in [0, 0.05) is 29.9 Å². The molecule has 8 heteroatoms. The molecule has 1 aromatic carbocycles. The van der Waals surface area contributed by atoms with Gasteiger partial charge in [-0.1, -0.05) is 12.1 Å². The van der Waals surface area contributed by atoms with Crippen LogP contribution in [0.2, 0.25) is 0 Å². The summed E-state index contributed by atoms with van der Waals surface area (Å²) in [5, 5.41) is 10.7. The third-order valence-electron chi connectivity index (χ3n) is 3.08. The number of pyridine rings is 1. The molecule has 126 valence electrons. The van der Waals surface area contributed by atoms with Crippen molar-refractivity contribution in [2.24, 2.45) is 0 Å². The maximum Gasteiger partial charge on any atom is 0.275 e. The normalized spacial score (nSPS) is 10.1. The van der Waals surface area contributed by atoms with Crippen LogP contribution in [0.25, 0.3) is 0 Å². The molecule has 0 aliphatic rings. The molecule has 0 atom stereocenters. The van der Waals surface area contributed by atoms with Gasteiger partial charge in [0.25, 0.3) is 5.91 Å². The molecule has 2 aromatic heterocycles. The van der Waals surface area contributed by atoms with Crippen LogP contribution in [-0.2, 0) is 4.79 Å². The van der Waals surface area contributed by atoms with Crippen LogP contribution in [0, 0.1) is 0 Å². The number of benzene rings is 1. The minimum atomic E-state index is -0.328. The van der Waals surface area contributed by atoms with Gasteiger partial charge in [-0.05, 0) is 30.3 Å². The van der Waals surface area contributed by atoms with E-state index in [1.807, 2.05) is 18.2 Å². The predicted molar refractivity (Wildman–Crippen MR) is 98.3 cm³/mol. The van der Waals surface area contributed by atoms with Gasteiger partial charge in [0.1, 0.15) is 11.5 Å². The van der Waals surface area contributed by atoms with Crippen molar-refractivity contribution in [3.8, 4) is 0 Å². The highest BCUT2D eigenvalue weighted by Gasteiger charge is 2.12. The van der Waals surface area contributed by atoms with E-state index in [2.05, 4.69) is 25.9 Å². The molecular weight excluding hydrogens is 338 g/mol. The summed E-state index contributed by atoms with van der Waals surface area (Å²) in [6.07, 6.45) is 1.67. The Morgan fingerprint density at radius 2 is 1.84 bits per heavy atom. The maximum atomic E-state index is 12.3. The topological polar surface area (TPSA) is 96.0 Å². The highest BCUT2D eigenvalue weighted by Crippen LogP contribution is 2.21. The van der Waals surface area contributed by atoms with E-state index >= 15 is 0 Å². The Hall–Kier alpha value is -3.26. The summed E-state index contributed by atoms with van der Waals surface area (Å²) in [5.41, 5.74) is 1.48. The Labute approximate surface area is 148 Å². The number of hydrogen-bond acceptors (Lipinski definition) is 6. The van der Waals surface area contributed by atoms with Crippen LogP contribution in [0.1, 0.15) is 17.4 Å². The first-order chi connectivity index (χ1) is 12.1. The molecule has 0 unspecified atom stereocenters. The van der Waals surface area contributed by atoms with E-state index < -0.39 is 0 Å². The van der Waals surface area contributed by atoms with E-state index in [1.165, 1.54) is 18.3 Å². The molecular formula is C17H15N5O2S. The lowest BCUT2D eigenvalue weighted by Gasteiger charge is -2.06. The average molecular weight is 353 g/mol. The van der Waals surface area contributed by atoms with Crippen LogP contribution in [0.4, 0.5) is 22.3 Å². The fraction of sp³-hybridized carbons (Fsp3) is 0.0588. The summed E-state index contributed by atoms with van der Waals surface area (Å²) in [4.78, 5) is 31.8. The second-order valence-electron chi connectivity index (χ2n) is 5.09. The molecule has 0 saturated heterocycles. The number of hydrogen-bond donors (Lipinski definition) is 3. The largest absolute Gasteiger partial charge is 0.326 e. The quantitative estimate of drug-likeness (QED) is 0.652. The summed E-state index contributed by atoms with van der Waals surface area (Å²) in [5.74, 6) is 0.158. The molecule has 3 aromatic rings. The summed E-state index contributed by atoms with van der Waals surface area (Å²) in [6.45, 7) is 1.43. The van der Waals surface area contributed by atoms with Gasteiger partial charge >= 0.3 is 0 Å². The first-order valence-corrected chi connectivity index (χ1v) is 8.31. The van der Waals surface area contributed by atoms with Crippen molar-refractivity contribution in [3.63, 3.8) is 0 Å². The standard InChI is InChI=1S/C17H15N5O2S/c1-11(23)19-12-5-4-6-13(9-12)20-16(24)14-10-25-17(21-14)22-15-7-2-3-8-18-15/h2-10H,1H3,(H,19,23)(H,20,24)(H,18,21,22). The lowest BCUT2D eigenvalue weighted by atomic mass is 10.2. The van der Waals surface area contributed by atoms with Gasteiger partial charge in [0.15, 0.2) is 5.13 Å². The van der Waals surface area contributed by atoms with Gasteiger partial charge < -0.3 is 16.0 Å². The number of aromatic nitrogens is 2. The number of anilines is 4. The molecule has 3 N–H and O–H groups in total. The van der Waals surface area contributed by atoms with Crippen LogP contribution in [-0.4, -0.2) is 21.8 Å². The molecule has 0 saturated carbocycles. The lowest BCUT2D eigenvalue weighted by molar-refractivity contribution is -0.114. The van der Waals surface area contributed by atoms with Crippen LogP contribution >= 0.6 is 11.3 Å². The van der Waals surface area contributed by atoms with Gasteiger partial charge in [0.2, 0.25) is 5.91 Å². The molecule has 25 heavy (non-hydrogen) atoms. The number of rotatable bonds is 5. The third kappa shape index (κ3) is 4.61. The Bertz CT molecular complexity index is 895. The Morgan fingerprint density at radius 3 is 2.56 bits per heavy atom. The van der Waals surface area contributed by atoms with E-state index in [4.69, 9.17) is 0 Å². The average Bonchev–Trinajstić information content (AvgIpc) is 3.04. The van der Waals surface area contributed by atoms with Crippen LogP contribution < -0.4 is 16.0 Å². The van der Waals surface area contributed by atoms with Crippen molar-refractivity contribution in [2.45, 2.75) is 6.92 Å². The zero-order valence-electron chi connectivity index (χ0n) is 13.3. The van der Waals surface area contributed by atoms with E-state index in [0.717, 1.165) is 0 Å². The smallest absolute Gasteiger partial charge is 0.275 e. The molecule has 2 heterocycles. The second-order valence-corrected chi connectivity index (χ2v) is 5.95. The monoisotopic (exact) mass is 353 g/mol. The molecule has 7 nitrogen and oxygen atoms in total. The van der Waals surface area contributed by atoms with Gasteiger partial charge in [-0.3, -0.25) is 9.59 Å². The molecule has 0 aliphatic heterocycles. The Kier molecular flexibility index (Phi) is 5.00. The summed E-state index contributed by atoms with van der Waals surface area (Å²) in [6, 6.07) is 12.4. The number of amides is 2. The number of nitrogens with zero attached hydrogens (tertiary/aromatic N) is 2. The van der Waals surface area contributed by atoms with E-state index in [0.29, 0.717) is 28.0 Å². The van der Waals surface area contributed by atoms with Crippen LogP contribution in [0.5, 0.6) is 0 Å². The highest BCUT2D eigenvalue weighted by atomic mass is 32.1. The van der Waals surface area contributed by atoms with Gasteiger partial charge in [-0.2, -0.15) is 0 Å². The maximum absolute atomic E-state index is 12.3. The Morgan fingerprint density at radius 1 is 1.04 bits per heavy atom. The van der Waals surface area contributed by atoms with Crippen molar-refractivity contribution < 1.29 is 9.59 Å². The van der Waals surface area contributed by atoms with Crippen molar-refractivity contribution in [1.82, 2.24) is 9.97 Å². The van der Waals surface area contributed by atoms with E-state index in [-0.39, 0.29) is 11.8 Å². The van der Waals surface area contributed by atoms with Gasteiger partial charge in [0.05, 0.1) is 0 Å². The number of thiazole rings is 1. The molecule has 2 amide bonds. The Balaban J connectivity index is 1.67. The van der Waals surface area contributed by atoms with Crippen molar-refractivity contribution in [2.75, 3.05) is 16.0 Å². The second kappa shape index (κ2) is 7.54. The number of carbonyl (C=O) groups is 2. The van der Waals surface area contributed by atoms with Crippen LogP contribution in [0.15, 0.2) is 54.0 Å². The van der Waals surface area contributed by atoms with E-state index in [9.17, 15) is 9.59 Å². The predicted octanol–water partition coefficient (Wildman–Crippen LogP) is 3.49. The first-order valence-electron chi connectivity index (χ1n) is 7.43. The number of carbonyl (C=O) groups excluding carboxylic acids is 2. The molecule has 0 fully saturated rings. The SMILES string of the molecule is CC(=O)Nc1cccc(NC(=O)c2csc(Nc3ccccn3)n2)c1. The zero-order valence-corrected chi connectivity index (χ0v) is 14.1. The molecule has 0 bridgehead atoms.